The van der Waals surface area contributed by atoms with Crippen LogP contribution >= 0.6 is 0 Å². The summed E-state index contributed by atoms with van der Waals surface area (Å²) in [5.74, 6) is 2.02. The van der Waals surface area contributed by atoms with Gasteiger partial charge in [-0.1, -0.05) is 12.8 Å². The fraction of sp³-hybridized carbons (Fsp3) is 0.909. The van der Waals surface area contributed by atoms with E-state index >= 15 is 0 Å². The van der Waals surface area contributed by atoms with Crippen molar-refractivity contribution in [1.29, 1.82) is 0 Å². The van der Waals surface area contributed by atoms with Crippen molar-refractivity contribution in [3.63, 3.8) is 0 Å². The topological polar surface area (TPSA) is 17.1 Å². The van der Waals surface area contributed by atoms with Crippen molar-refractivity contribution in [2.45, 2.75) is 44.9 Å². The molecule has 0 aromatic rings. The van der Waals surface area contributed by atoms with Gasteiger partial charge in [-0.15, -0.1) is 0 Å². The van der Waals surface area contributed by atoms with E-state index in [1.165, 1.54) is 38.5 Å². The number of carbonyl (C=O) groups is 1. The zero-order chi connectivity index (χ0) is 8.18. The van der Waals surface area contributed by atoms with Crippen LogP contribution in [-0.2, 0) is 4.79 Å². The third-order valence-corrected chi connectivity index (χ3v) is 4.55. The molecule has 2 bridgehead atoms. The maximum Gasteiger partial charge on any atom is 0.136 e. The number of hydrogen-bond donors (Lipinski definition) is 0. The molecule has 3 aliphatic carbocycles. The van der Waals surface area contributed by atoms with Gasteiger partial charge in [0.1, 0.15) is 5.78 Å². The second kappa shape index (κ2) is 2.12. The first-order valence-electron chi connectivity index (χ1n) is 5.33. The third kappa shape index (κ3) is 0.725. The van der Waals surface area contributed by atoms with Gasteiger partial charge >= 0.3 is 0 Å². The Morgan fingerprint density at radius 1 is 1.33 bits per heavy atom. The second-order valence-corrected chi connectivity index (χ2v) is 5.08. The minimum Gasteiger partial charge on any atom is -0.299 e. The predicted molar refractivity (Wildman–Crippen MR) is 46.7 cm³/mol. The first kappa shape index (κ1) is 7.11. The number of Topliss-reactive ketones (excluding diaryl/α,β-unsaturated/α-hetero) is 1. The Bertz CT molecular complexity index is 233. The molecule has 3 saturated carbocycles. The van der Waals surface area contributed by atoms with Crippen LogP contribution in [0.25, 0.3) is 0 Å². The number of carbonyl (C=O) groups excluding carboxylic acids is 1. The van der Waals surface area contributed by atoms with Crippen LogP contribution in [0.2, 0.25) is 0 Å². The van der Waals surface area contributed by atoms with Gasteiger partial charge in [-0.3, -0.25) is 4.79 Å². The summed E-state index contributed by atoms with van der Waals surface area (Å²) in [4.78, 5) is 11.5. The minimum atomic E-state index is 0.494. The smallest absolute Gasteiger partial charge is 0.136 e. The van der Waals surface area contributed by atoms with Crippen molar-refractivity contribution in [3.05, 3.63) is 0 Å². The zero-order valence-corrected chi connectivity index (χ0v) is 7.51. The predicted octanol–water partition coefficient (Wildman–Crippen LogP) is 2.55. The Morgan fingerprint density at radius 2 is 2.25 bits per heavy atom. The highest BCUT2D eigenvalue weighted by atomic mass is 16.1. The lowest BCUT2D eigenvalue weighted by molar-refractivity contribution is -0.123. The third-order valence-electron chi connectivity index (χ3n) is 4.55. The lowest BCUT2D eigenvalue weighted by atomic mass is 9.66. The van der Waals surface area contributed by atoms with Gasteiger partial charge in [0.05, 0.1) is 0 Å². The van der Waals surface area contributed by atoms with Crippen LogP contribution in [-0.4, -0.2) is 5.78 Å². The number of ketones is 1. The van der Waals surface area contributed by atoms with E-state index in [0.29, 0.717) is 17.1 Å². The van der Waals surface area contributed by atoms with Crippen LogP contribution in [0.5, 0.6) is 0 Å². The van der Waals surface area contributed by atoms with E-state index in [1.54, 1.807) is 0 Å². The Kier molecular flexibility index (Phi) is 1.26. The van der Waals surface area contributed by atoms with Crippen molar-refractivity contribution < 1.29 is 4.79 Å². The van der Waals surface area contributed by atoms with Gasteiger partial charge in [0.15, 0.2) is 0 Å². The van der Waals surface area contributed by atoms with Crippen molar-refractivity contribution >= 4 is 5.78 Å². The summed E-state index contributed by atoms with van der Waals surface area (Å²) in [5, 5.41) is 0. The lowest BCUT2D eigenvalue weighted by Crippen LogP contribution is -2.31. The highest BCUT2D eigenvalue weighted by Gasteiger charge is 2.56. The summed E-state index contributed by atoms with van der Waals surface area (Å²) in [5.41, 5.74) is 0.528. The molecule has 0 heterocycles. The molecule has 0 aromatic carbocycles. The fourth-order valence-electron chi connectivity index (χ4n) is 3.97. The molecule has 1 spiro atoms. The molecule has 3 unspecified atom stereocenters. The molecule has 0 amide bonds. The van der Waals surface area contributed by atoms with Crippen LogP contribution in [0.15, 0.2) is 0 Å². The second-order valence-electron chi connectivity index (χ2n) is 5.08. The van der Waals surface area contributed by atoms with Crippen molar-refractivity contribution in [1.82, 2.24) is 0 Å². The molecular formula is C11H16O. The molecule has 1 heteroatoms. The van der Waals surface area contributed by atoms with Crippen molar-refractivity contribution in [2.24, 2.45) is 17.3 Å². The van der Waals surface area contributed by atoms with E-state index in [2.05, 4.69) is 0 Å². The van der Waals surface area contributed by atoms with E-state index in [9.17, 15) is 4.79 Å². The standard InChI is InChI=1S/C11H16O/c12-10-7-11-4-2-1-3-9(11)5-8(10)6-11/h8-9H,1-7H2. The summed E-state index contributed by atoms with van der Waals surface area (Å²) in [6.07, 6.45) is 9.05. The molecule has 12 heavy (non-hydrogen) atoms. The number of hydrogen-bond acceptors (Lipinski definition) is 1. The van der Waals surface area contributed by atoms with Crippen LogP contribution in [0.3, 0.4) is 0 Å². The summed E-state index contributed by atoms with van der Waals surface area (Å²) in [7, 11) is 0. The maximum absolute atomic E-state index is 11.5. The minimum absolute atomic E-state index is 0.494. The van der Waals surface area contributed by atoms with Gasteiger partial charge in [0, 0.05) is 12.3 Å². The highest BCUT2D eigenvalue weighted by Crippen LogP contribution is 2.61. The first-order valence-corrected chi connectivity index (χ1v) is 5.33. The van der Waals surface area contributed by atoms with Crippen LogP contribution in [0.1, 0.15) is 44.9 Å². The Labute approximate surface area is 73.5 Å². The molecule has 0 radical (unpaired) electrons. The Hall–Kier alpha value is -0.330. The Morgan fingerprint density at radius 3 is 3.08 bits per heavy atom. The van der Waals surface area contributed by atoms with Gasteiger partial charge in [-0.2, -0.15) is 0 Å². The average molecular weight is 164 g/mol. The maximum atomic E-state index is 11.5. The van der Waals surface area contributed by atoms with Gasteiger partial charge in [-0.25, -0.2) is 0 Å². The van der Waals surface area contributed by atoms with Crippen molar-refractivity contribution in [3.8, 4) is 0 Å². The fourth-order valence-corrected chi connectivity index (χ4v) is 3.97. The molecule has 0 N–H and O–H groups in total. The molecule has 3 aliphatic rings. The van der Waals surface area contributed by atoms with E-state index in [4.69, 9.17) is 0 Å². The molecular weight excluding hydrogens is 148 g/mol. The highest BCUT2D eigenvalue weighted by molar-refractivity contribution is 5.85. The summed E-state index contributed by atoms with van der Waals surface area (Å²) >= 11 is 0. The SMILES string of the molecule is O=C1CC23CCCCC2CC1C3. The molecule has 1 nitrogen and oxygen atoms in total. The van der Waals surface area contributed by atoms with Crippen LogP contribution in [0, 0.1) is 17.3 Å². The summed E-state index contributed by atoms with van der Waals surface area (Å²) < 4.78 is 0. The van der Waals surface area contributed by atoms with Gasteiger partial charge in [0.25, 0.3) is 0 Å². The molecule has 3 rings (SSSR count). The van der Waals surface area contributed by atoms with Crippen LogP contribution < -0.4 is 0 Å². The van der Waals surface area contributed by atoms with E-state index in [-0.39, 0.29) is 0 Å². The van der Waals surface area contributed by atoms with Crippen LogP contribution in [0.4, 0.5) is 0 Å². The molecule has 3 fully saturated rings. The van der Waals surface area contributed by atoms with E-state index < -0.39 is 0 Å². The summed E-state index contributed by atoms with van der Waals surface area (Å²) in [6, 6.07) is 0. The van der Waals surface area contributed by atoms with Crippen molar-refractivity contribution in [2.75, 3.05) is 0 Å². The molecule has 3 atom stereocenters. The number of fused-ring (bicyclic) bond motifs is 1. The zero-order valence-electron chi connectivity index (χ0n) is 7.51. The normalized spacial score (nSPS) is 51.2. The molecule has 66 valence electrons. The average Bonchev–Trinajstić information content (AvgIpc) is 2.55. The summed E-state index contributed by atoms with van der Waals surface area (Å²) in [6.45, 7) is 0. The van der Waals surface area contributed by atoms with E-state index in [0.717, 1.165) is 12.3 Å². The monoisotopic (exact) mass is 164 g/mol. The quantitative estimate of drug-likeness (QED) is 0.537. The largest absolute Gasteiger partial charge is 0.299 e. The molecule has 0 aromatic heterocycles. The lowest BCUT2D eigenvalue weighted by Gasteiger charge is -2.38. The van der Waals surface area contributed by atoms with E-state index in [1.807, 2.05) is 0 Å². The molecule has 0 saturated heterocycles. The first-order chi connectivity index (χ1) is 5.80. The number of rotatable bonds is 0. The molecule has 0 aliphatic heterocycles. The Balaban J connectivity index is 1.94. The van der Waals surface area contributed by atoms with Gasteiger partial charge in [0.2, 0.25) is 0 Å². The van der Waals surface area contributed by atoms with Gasteiger partial charge < -0.3 is 0 Å². The van der Waals surface area contributed by atoms with Gasteiger partial charge in [-0.05, 0) is 37.0 Å².